The number of hydrogen-bond donors (Lipinski definition) is 0. The topological polar surface area (TPSA) is 67.3 Å². The number of sulfonamides is 1. The van der Waals surface area contributed by atoms with Crippen LogP contribution in [0.1, 0.15) is 46.7 Å². The first-order chi connectivity index (χ1) is 11.0. The molecule has 0 saturated heterocycles. The molecular formula is C17H22N2O3S2. The quantitative estimate of drug-likeness (QED) is 0.832. The van der Waals surface area contributed by atoms with Gasteiger partial charge in [-0.1, -0.05) is 51.1 Å². The monoisotopic (exact) mass is 366 g/mol. The van der Waals surface area contributed by atoms with Crippen LogP contribution in [0, 0.1) is 6.92 Å². The Kier molecular flexibility index (Phi) is 5.15. The van der Waals surface area contributed by atoms with Crippen LogP contribution in [0.5, 0.6) is 0 Å². The van der Waals surface area contributed by atoms with E-state index in [-0.39, 0.29) is 11.2 Å². The SMILES string of the molecule is Cc1nc(C(C)(C)C)sc1C(=O)N(C)S(=O)(=O)Cc1ccccc1. The van der Waals surface area contributed by atoms with Gasteiger partial charge in [0.25, 0.3) is 5.91 Å². The van der Waals surface area contributed by atoms with Crippen LogP contribution in [0.25, 0.3) is 0 Å². The summed E-state index contributed by atoms with van der Waals surface area (Å²) in [6.45, 7) is 7.76. The fraction of sp³-hybridized carbons (Fsp3) is 0.412. The summed E-state index contributed by atoms with van der Waals surface area (Å²) in [5, 5.41) is 0.817. The number of aryl methyl sites for hydroxylation is 1. The molecule has 0 radical (unpaired) electrons. The van der Waals surface area contributed by atoms with Crippen molar-refractivity contribution < 1.29 is 13.2 Å². The summed E-state index contributed by atoms with van der Waals surface area (Å²) in [5.41, 5.74) is 1.03. The van der Waals surface area contributed by atoms with Gasteiger partial charge in [0.2, 0.25) is 10.0 Å². The second kappa shape index (κ2) is 6.64. The minimum atomic E-state index is -3.74. The van der Waals surface area contributed by atoms with E-state index in [1.807, 2.05) is 26.8 Å². The van der Waals surface area contributed by atoms with Gasteiger partial charge < -0.3 is 0 Å². The molecule has 0 bridgehead atoms. The molecule has 1 heterocycles. The molecule has 0 atom stereocenters. The van der Waals surface area contributed by atoms with Crippen LogP contribution in [-0.2, 0) is 21.2 Å². The molecule has 0 fully saturated rings. The fourth-order valence-electron chi connectivity index (χ4n) is 2.07. The van der Waals surface area contributed by atoms with Crippen LogP contribution in [0.4, 0.5) is 0 Å². The Labute approximate surface area is 147 Å². The van der Waals surface area contributed by atoms with Crippen LogP contribution >= 0.6 is 11.3 Å². The van der Waals surface area contributed by atoms with Crippen molar-refractivity contribution in [2.45, 2.75) is 38.9 Å². The van der Waals surface area contributed by atoms with Gasteiger partial charge in [-0.05, 0) is 12.5 Å². The first-order valence-corrected chi connectivity index (χ1v) is 9.97. The van der Waals surface area contributed by atoms with Gasteiger partial charge in [0, 0.05) is 12.5 Å². The lowest BCUT2D eigenvalue weighted by Gasteiger charge is -2.17. The second-order valence-corrected chi connectivity index (χ2v) is 9.70. The van der Waals surface area contributed by atoms with Crippen LogP contribution in [-0.4, -0.2) is 30.7 Å². The first kappa shape index (κ1) is 18.6. The van der Waals surface area contributed by atoms with Gasteiger partial charge in [-0.15, -0.1) is 11.3 Å². The lowest BCUT2D eigenvalue weighted by Crippen LogP contribution is -2.34. The van der Waals surface area contributed by atoms with Crippen LogP contribution in [0.3, 0.4) is 0 Å². The third-order valence-corrected chi connectivity index (χ3v) is 6.80. The zero-order valence-corrected chi connectivity index (χ0v) is 16.2. The van der Waals surface area contributed by atoms with Crippen molar-refractivity contribution >= 4 is 27.3 Å². The Balaban J connectivity index is 2.27. The highest BCUT2D eigenvalue weighted by molar-refractivity contribution is 7.88. The van der Waals surface area contributed by atoms with E-state index < -0.39 is 15.9 Å². The molecule has 0 saturated carbocycles. The maximum Gasteiger partial charge on any atom is 0.279 e. The first-order valence-electron chi connectivity index (χ1n) is 7.55. The number of carbonyl (C=O) groups excluding carboxylic acids is 1. The van der Waals surface area contributed by atoms with Gasteiger partial charge in [0.1, 0.15) is 4.88 Å². The number of thiazole rings is 1. The van der Waals surface area contributed by atoms with Crippen LogP contribution in [0.15, 0.2) is 30.3 Å². The maximum atomic E-state index is 12.7. The van der Waals surface area contributed by atoms with E-state index in [1.54, 1.807) is 31.2 Å². The van der Waals surface area contributed by atoms with Gasteiger partial charge in [0.15, 0.2) is 0 Å². The van der Waals surface area contributed by atoms with Crippen molar-refractivity contribution in [1.29, 1.82) is 0 Å². The standard InChI is InChI=1S/C17H22N2O3S2/c1-12-14(23-16(18-12)17(2,3)4)15(20)19(5)24(21,22)11-13-9-7-6-8-10-13/h6-10H,11H2,1-5H3. The molecule has 5 nitrogen and oxygen atoms in total. The van der Waals surface area contributed by atoms with Gasteiger partial charge >= 0.3 is 0 Å². The molecule has 0 spiro atoms. The lowest BCUT2D eigenvalue weighted by molar-refractivity contribution is 0.0886. The van der Waals surface area contributed by atoms with Crippen molar-refractivity contribution in [1.82, 2.24) is 9.29 Å². The van der Waals surface area contributed by atoms with Crippen molar-refractivity contribution in [3.8, 4) is 0 Å². The Morgan fingerprint density at radius 2 is 1.79 bits per heavy atom. The molecule has 0 N–H and O–H groups in total. The van der Waals surface area contributed by atoms with E-state index >= 15 is 0 Å². The normalized spacial score (nSPS) is 12.2. The van der Waals surface area contributed by atoms with Gasteiger partial charge in [-0.3, -0.25) is 4.79 Å². The average Bonchev–Trinajstić information content (AvgIpc) is 2.88. The third-order valence-electron chi connectivity index (χ3n) is 3.53. The van der Waals surface area contributed by atoms with E-state index in [4.69, 9.17) is 0 Å². The smallest absolute Gasteiger partial charge is 0.267 e. The van der Waals surface area contributed by atoms with E-state index in [2.05, 4.69) is 4.98 Å². The minimum Gasteiger partial charge on any atom is -0.267 e. The molecular weight excluding hydrogens is 344 g/mol. The molecule has 0 aliphatic heterocycles. The second-order valence-electron chi connectivity index (χ2n) is 6.70. The Morgan fingerprint density at radius 1 is 1.21 bits per heavy atom. The molecule has 24 heavy (non-hydrogen) atoms. The van der Waals surface area contributed by atoms with Crippen molar-refractivity contribution in [3.05, 3.63) is 51.5 Å². The number of rotatable bonds is 4. The summed E-state index contributed by atoms with van der Waals surface area (Å²) in [5.74, 6) is -0.739. The summed E-state index contributed by atoms with van der Waals surface area (Å²) in [7, 11) is -2.44. The number of benzene rings is 1. The Bertz CT molecular complexity index is 834. The molecule has 0 aliphatic rings. The van der Waals surface area contributed by atoms with Crippen molar-refractivity contribution in [2.75, 3.05) is 7.05 Å². The zero-order chi connectivity index (χ0) is 18.1. The molecule has 0 unspecified atom stereocenters. The van der Waals surface area contributed by atoms with Crippen LogP contribution < -0.4 is 0 Å². The summed E-state index contributed by atoms with van der Waals surface area (Å²) in [6.07, 6.45) is 0. The summed E-state index contributed by atoms with van der Waals surface area (Å²) in [4.78, 5) is 17.5. The van der Waals surface area contributed by atoms with Crippen molar-refractivity contribution in [3.63, 3.8) is 0 Å². The van der Waals surface area contributed by atoms with E-state index in [0.717, 1.165) is 9.31 Å². The van der Waals surface area contributed by atoms with Gasteiger partial charge in [0.05, 0.1) is 16.5 Å². The largest absolute Gasteiger partial charge is 0.279 e. The third kappa shape index (κ3) is 4.02. The number of carbonyl (C=O) groups is 1. The maximum absolute atomic E-state index is 12.7. The van der Waals surface area contributed by atoms with Crippen LogP contribution in [0.2, 0.25) is 0 Å². The van der Waals surface area contributed by atoms with E-state index in [9.17, 15) is 13.2 Å². The highest BCUT2D eigenvalue weighted by atomic mass is 32.2. The molecule has 130 valence electrons. The van der Waals surface area contributed by atoms with Gasteiger partial charge in [-0.2, -0.15) is 0 Å². The molecule has 1 amide bonds. The Morgan fingerprint density at radius 3 is 2.29 bits per heavy atom. The molecule has 7 heteroatoms. The predicted molar refractivity (Wildman–Crippen MR) is 96.7 cm³/mol. The summed E-state index contributed by atoms with van der Waals surface area (Å²) >= 11 is 1.26. The van der Waals surface area contributed by atoms with E-state index in [1.165, 1.54) is 18.4 Å². The zero-order valence-electron chi connectivity index (χ0n) is 14.5. The molecule has 2 aromatic rings. The summed E-state index contributed by atoms with van der Waals surface area (Å²) < 4.78 is 25.9. The van der Waals surface area contributed by atoms with E-state index in [0.29, 0.717) is 16.1 Å². The highest BCUT2D eigenvalue weighted by Gasteiger charge is 2.29. The fourth-order valence-corrected chi connectivity index (χ4v) is 4.38. The minimum absolute atomic E-state index is 0.185. The van der Waals surface area contributed by atoms with Gasteiger partial charge in [-0.25, -0.2) is 17.7 Å². The molecule has 1 aromatic heterocycles. The average molecular weight is 367 g/mol. The Hall–Kier alpha value is -1.73. The predicted octanol–water partition coefficient (Wildman–Crippen LogP) is 3.35. The van der Waals surface area contributed by atoms with Crippen molar-refractivity contribution in [2.24, 2.45) is 0 Å². The molecule has 2 rings (SSSR count). The number of nitrogens with zero attached hydrogens (tertiary/aromatic N) is 2. The number of aromatic nitrogens is 1. The molecule has 1 aromatic carbocycles. The molecule has 0 aliphatic carbocycles. The number of amides is 1. The summed E-state index contributed by atoms with van der Waals surface area (Å²) in [6, 6.07) is 8.82. The highest BCUT2D eigenvalue weighted by Crippen LogP contribution is 2.30. The lowest BCUT2D eigenvalue weighted by atomic mass is 9.98. The number of hydrogen-bond acceptors (Lipinski definition) is 5.